The smallest absolute Gasteiger partial charge is 0.349 e. The molecule has 1 fully saturated rings. The van der Waals surface area contributed by atoms with Crippen LogP contribution in [-0.4, -0.2) is 47.8 Å². The second-order valence-corrected chi connectivity index (χ2v) is 7.21. The Morgan fingerprint density at radius 2 is 1.53 bits per heavy atom. The van der Waals surface area contributed by atoms with E-state index in [1.165, 1.54) is 6.26 Å². The molecule has 2 aromatic carbocycles. The molecule has 1 saturated heterocycles. The second-order valence-electron chi connectivity index (χ2n) is 7.21. The Hall–Kier alpha value is -3.87. The summed E-state index contributed by atoms with van der Waals surface area (Å²) in [6.07, 6.45) is 1.45. The molecule has 0 radical (unpaired) electrons. The van der Waals surface area contributed by atoms with Gasteiger partial charge in [-0.1, -0.05) is 30.3 Å². The molecular weight excluding hydrogens is 384 g/mol. The molecule has 0 saturated carbocycles. The maximum Gasteiger partial charge on any atom is 0.349 e. The van der Waals surface area contributed by atoms with E-state index in [2.05, 4.69) is 0 Å². The molecule has 150 valence electrons. The van der Waals surface area contributed by atoms with Crippen LogP contribution in [0.25, 0.3) is 21.7 Å². The lowest BCUT2D eigenvalue weighted by Gasteiger charge is -2.34. The zero-order valence-electron chi connectivity index (χ0n) is 16.0. The minimum absolute atomic E-state index is 0.00432. The zero-order valence-corrected chi connectivity index (χ0v) is 16.0. The number of nitrogens with zero attached hydrogens (tertiary/aromatic N) is 2. The van der Waals surface area contributed by atoms with Gasteiger partial charge in [-0.3, -0.25) is 9.59 Å². The van der Waals surface area contributed by atoms with Gasteiger partial charge in [0.1, 0.15) is 11.1 Å². The van der Waals surface area contributed by atoms with Crippen LogP contribution in [0.15, 0.2) is 74.5 Å². The number of amides is 2. The van der Waals surface area contributed by atoms with Crippen molar-refractivity contribution in [3.05, 3.63) is 82.6 Å². The van der Waals surface area contributed by atoms with Gasteiger partial charge in [0.05, 0.1) is 6.26 Å². The van der Waals surface area contributed by atoms with Crippen LogP contribution >= 0.6 is 0 Å². The van der Waals surface area contributed by atoms with Crippen LogP contribution in [0.3, 0.4) is 0 Å². The Bertz CT molecular complexity index is 1310. The van der Waals surface area contributed by atoms with Crippen LogP contribution in [0.4, 0.5) is 0 Å². The first-order valence-electron chi connectivity index (χ1n) is 9.69. The summed E-state index contributed by atoms with van der Waals surface area (Å²) < 4.78 is 10.6. The highest BCUT2D eigenvalue weighted by atomic mass is 16.4. The fourth-order valence-electron chi connectivity index (χ4n) is 3.86. The van der Waals surface area contributed by atoms with Gasteiger partial charge < -0.3 is 18.6 Å². The molecule has 0 N–H and O–H groups in total. The summed E-state index contributed by atoms with van der Waals surface area (Å²) >= 11 is 0. The number of rotatable bonds is 2. The third kappa shape index (κ3) is 3.04. The number of carbonyl (C=O) groups excluding carboxylic acids is 2. The normalized spacial score (nSPS) is 14.4. The van der Waals surface area contributed by atoms with Gasteiger partial charge in [0.25, 0.3) is 11.8 Å². The minimum atomic E-state index is -0.656. The summed E-state index contributed by atoms with van der Waals surface area (Å²) in [7, 11) is 0. The maximum absolute atomic E-state index is 13.0. The summed E-state index contributed by atoms with van der Waals surface area (Å²) in [5.74, 6) is -0.315. The first-order valence-corrected chi connectivity index (χ1v) is 9.69. The molecule has 30 heavy (non-hydrogen) atoms. The van der Waals surface area contributed by atoms with Gasteiger partial charge in [-0.05, 0) is 35.0 Å². The van der Waals surface area contributed by atoms with Gasteiger partial charge in [-0.2, -0.15) is 0 Å². The van der Waals surface area contributed by atoms with E-state index >= 15 is 0 Å². The number of hydrogen-bond acceptors (Lipinski definition) is 5. The van der Waals surface area contributed by atoms with E-state index in [1.807, 2.05) is 30.3 Å². The molecule has 7 nitrogen and oxygen atoms in total. The quantitative estimate of drug-likeness (QED) is 0.380. The van der Waals surface area contributed by atoms with Gasteiger partial charge in [0.2, 0.25) is 0 Å². The van der Waals surface area contributed by atoms with Crippen LogP contribution in [-0.2, 0) is 0 Å². The van der Waals surface area contributed by atoms with E-state index in [-0.39, 0.29) is 23.1 Å². The molecule has 5 rings (SSSR count). The predicted octanol–water partition coefficient (Wildman–Crippen LogP) is 3.14. The van der Waals surface area contributed by atoms with Crippen LogP contribution in [0.5, 0.6) is 0 Å². The molecule has 7 heteroatoms. The van der Waals surface area contributed by atoms with E-state index in [0.29, 0.717) is 31.8 Å². The van der Waals surface area contributed by atoms with Crippen LogP contribution in [0, 0.1) is 0 Å². The second kappa shape index (κ2) is 7.18. The van der Waals surface area contributed by atoms with Crippen LogP contribution in [0.1, 0.15) is 20.9 Å². The molecule has 0 unspecified atom stereocenters. The van der Waals surface area contributed by atoms with E-state index in [4.69, 9.17) is 8.83 Å². The van der Waals surface area contributed by atoms with Crippen molar-refractivity contribution in [2.45, 2.75) is 0 Å². The fourth-order valence-corrected chi connectivity index (χ4v) is 3.86. The fraction of sp³-hybridized carbons (Fsp3) is 0.174. The number of furan rings is 1. The molecule has 1 aliphatic rings. The summed E-state index contributed by atoms with van der Waals surface area (Å²) in [6, 6.07) is 16.3. The molecule has 3 heterocycles. The van der Waals surface area contributed by atoms with Crippen molar-refractivity contribution < 1.29 is 18.4 Å². The van der Waals surface area contributed by atoms with Crippen molar-refractivity contribution in [1.29, 1.82) is 0 Å². The molecule has 2 aromatic heterocycles. The van der Waals surface area contributed by atoms with Gasteiger partial charge in [0, 0.05) is 31.6 Å². The first kappa shape index (κ1) is 18.2. The highest BCUT2D eigenvalue weighted by Crippen LogP contribution is 2.25. The first-order chi connectivity index (χ1) is 14.6. The molecule has 1 aliphatic heterocycles. The van der Waals surface area contributed by atoms with E-state index in [0.717, 1.165) is 16.2 Å². The number of benzene rings is 2. The summed E-state index contributed by atoms with van der Waals surface area (Å²) in [6.45, 7) is 1.40. The molecule has 0 spiro atoms. The van der Waals surface area contributed by atoms with E-state index < -0.39 is 5.63 Å². The highest BCUT2D eigenvalue weighted by Gasteiger charge is 2.28. The Kier molecular flexibility index (Phi) is 4.35. The number of carbonyl (C=O) groups is 2. The lowest BCUT2D eigenvalue weighted by Crippen LogP contribution is -2.51. The molecule has 4 aromatic rings. The molecule has 0 atom stereocenters. The minimum Gasteiger partial charge on any atom is -0.459 e. The van der Waals surface area contributed by atoms with E-state index in [1.54, 1.807) is 34.1 Å². The van der Waals surface area contributed by atoms with Crippen molar-refractivity contribution in [3.8, 4) is 0 Å². The number of piperazine rings is 1. The van der Waals surface area contributed by atoms with Crippen LogP contribution < -0.4 is 5.63 Å². The van der Waals surface area contributed by atoms with Crippen molar-refractivity contribution in [1.82, 2.24) is 9.80 Å². The summed E-state index contributed by atoms with van der Waals surface area (Å²) in [4.78, 5) is 41.2. The van der Waals surface area contributed by atoms with Gasteiger partial charge >= 0.3 is 5.63 Å². The molecule has 0 aliphatic carbocycles. The lowest BCUT2D eigenvalue weighted by atomic mass is 10.0. The average Bonchev–Trinajstić information content (AvgIpc) is 3.32. The molecular formula is C23H18N2O5. The van der Waals surface area contributed by atoms with Crippen molar-refractivity contribution in [3.63, 3.8) is 0 Å². The van der Waals surface area contributed by atoms with Crippen molar-refractivity contribution >= 4 is 33.6 Å². The molecule has 0 bridgehead atoms. The largest absolute Gasteiger partial charge is 0.459 e. The average molecular weight is 402 g/mol. The molecule has 2 amide bonds. The highest BCUT2D eigenvalue weighted by molar-refractivity contribution is 6.08. The zero-order chi connectivity index (χ0) is 20.7. The van der Waals surface area contributed by atoms with Gasteiger partial charge in [-0.15, -0.1) is 0 Å². The number of fused-ring (bicyclic) bond motifs is 3. The monoisotopic (exact) mass is 402 g/mol. The Balaban J connectivity index is 1.41. The predicted molar refractivity (Wildman–Crippen MR) is 111 cm³/mol. The third-order valence-electron chi connectivity index (χ3n) is 5.46. The van der Waals surface area contributed by atoms with Crippen molar-refractivity contribution in [2.24, 2.45) is 0 Å². The van der Waals surface area contributed by atoms with Gasteiger partial charge in [0.15, 0.2) is 5.76 Å². The summed E-state index contributed by atoms with van der Waals surface area (Å²) in [5, 5.41) is 2.65. The Labute approximate surface area is 171 Å². The Morgan fingerprint density at radius 3 is 2.27 bits per heavy atom. The standard InChI is InChI=1S/C23H18N2O5/c26-21(24-9-11-25(12-10-24)22(27)20-6-3-13-29-20)18-14-17-16-5-2-1-4-15(16)7-8-19(17)30-23(18)28/h1-8,13-14H,9-12H2. The SMILES string of the molecule is O=C(c1ccco1)N1CCN(C(=O)c2cc3c(ccc4ccccc43)oc2=O)CC1. The Morgan fingerprint density at radius 1 is 0.800 bits per heavy atom. The van der Waals surface area contributed by atoms with E-state index in [9.17, 15) is 14.4 Å². The number of hydrogen-bond donors (Lipinski definition) is 0. The van der Waals surface area contributed by atoms with Crippen molar-refractivity contribution in [2.75, 3.05) is 26.2 Å². The van der Waals surface area contributed by atoms with Crippen LogP contribution in [0.2, 0.25) is 0 Å². The maximum atomic E-state index is 13.0. The third-order valence-corrected chi connectivity index (χ3v) is 5.46. The summed E-state index contributed by atoms with van der Waals surface area (Å²) in [5.41, 5.74) is -0.203. The lowest BCUT2D eigenvalue weighted by molar-refractivity contribution is 0.0516. The topological polar surface area (TPSA) is 84.0 Å². The van der Waals surface area contributed by atoms with Gasteiger partial charge in [-0.25, -0.2) is 4.79 Å².